The largest absolute Gasteiger partial charge is 0.353 e. The summed E-state index contributed by atoms with van der Waals surface area (Å²) in [4.78, 5) is 11.2. The Morgan fingerprint density at radius 1 is 1.54 bits per heavy atom. The van der Waals surface area contributed by atoms with Crippen LogP contribution in [0.1, 0.15) is 20.3 Å². The molecule has 0 saturated heterocycles. The van der Waals surface area contributed by atoms with E-state index in [9.17, 15) is 4.79 Å². The standard InChI is InChI=1S/C9H20N2OS/c1-4-8(2)11-9(12)7-10-5-6-13-3/h8,10H,4-7H2,1-3H3,(H,11,12). The quantitative estimate of drug-likeness (QED) is 0.604. The van der Waals surface area contributed by atoms with Gasteiger partial charge in [-0.25, -0.2) is 0 Å². The van der Waals surface area contributed by atoms with Gasteiger partial charge in [-0.05, 0) is 19.6 Å². The van der Waals surface area contributed by atoms with E-state index in [-0.39, 0.29) is 11.9 Å². The Kier molecular flexibility index (Phi) is 8.24. The zero-order valence-corrected chi connectivity index (χ0v) is 9.54. The fraction of sp³-hybridized carbons (Fsp3) is 0.889. The van der Waals surface area contributed by atoms with Crippen molar-refractivity contribution >= 4 is 17.7 Å². The van der Waals surface area contributed by atoms with Crippen LogP contribution >= 0.6 is 11.8 Å². The monoisotopic (exact) mass is 204 g/mol. The van der Waals surface area contributed by atoms with Gasteiger partial charge in [-0.1, -0.05) is 6.92 Å². The number of rotatable bonds is 7. The van der Waals surface area contributed by atoms with Gasteiger partial charge in [0.1, 0.15) is 0 Å². The van der Waals surface area contributed by atoms with Crippen molar-refractivity contribution < 1.29 is 4.79 Å². The minimum atomic E-state index is 0.0930. The third-order valence-electron chi connectivity index (χ3n) is 1.79. The molecule has 0 aromatic carbocycles. The van der Waals surface area contributed by atoms with E-state index in [2.05, 4.69) is 23.8 Å². The van der Waals surface area contributed by atoms with Crippen LogP contribution in [-0.4, -0.2) is 37.0 Å². The van der Waals surface area contributed by atoms with E-state index in [0.717, 1.165) is 18.7 Å². The molecule has 0 aliphatic carbocycles. The average Bonchev–Trinajstić information content (AvgIpc) is 2.12. The molecule has 1 atom stereocenters. The van der Waals surface area contributed by atoms with Crippen molar-refractivity contribution in [3.8, 4) is 0 Å². The lowest BCUT2D eigenvalue weighted by molar-refractivity contribution is -0.120. The van der Waals surface area contributed by atoms with E-state index in [1.165, 1.54) is 0 Å². The highest BCUT2D eigenvalue weighted by molar-refractivity contribution is 7.98. The van der Waals surface area contributed by atoms with Gasteiger partial charge in [-0.3, -0.25) is 4.79 Å². The molecule has 1 amide bonds. The van der Waals surface area contributed by atoms with Crippen LogP contribution in [0.4, 0.5) is 0 Å². The van der Waals surface area contributed by atoms with Crippen LogP contribution in [0.3, 0.4) is 0 Å². The second kappa shape index (κ2) is 8.38. The van der Waals surface area contributed by atoms with E-state index >= 15 is 0 Å². The molecule has 0 bridgehead atoms. The molecule has 0 rings (SSSR count). The molecule has 1 unspecified atom stereocenters. The fourth-order valence-electron chi connectivity index (χ4n) is 0.804. The van der Waals surface area contributed by atoms with Gasteiger partial charge in [0, 0.05) is 18.3 Å². The molecule has 13 heavy (non-hydrogen) atoms. The van der Waals surface area contributed by atoms with Gasteiger partial charge < -0.3 is 10.6 Å². The molecule has 0 aromatic rings. The SMILES string of the molecule is CCC(C)NC(=O)CNCCSC. The maximum atomic E-state index is 11.2. The predicted molar refractivity (Wildman–Crippen MR) is 59.1 cm³/mol. The van der Waals surface area contributed by atoms with Gasteiger partial charge in [0.05, 0.1) is 6.54 Å². The Bertz CT molecular complexity index is 142. The Morgan fingerprint density at radius 2 is 2.23 bits per heavy atom. The predicted octanol–water partition coefficient (Wildman–Crippen LogP) is 0.854. The third-order valence-corrected chi connectivity index (χ3v) is 2.40. The zero-order chi connectivity index (χ0) is 10.1. The summed E-state index contributed by atoms with van der Waals surface area (Å²) in [6, 6.07) is 0.287. The van der Waals surface area contributed by atoms with Crippen molar-refractivity contribution in [2.45, 2.75) is 26.3 Å². The topological polar surface area (TPSA) is 41.1 Å². The first-order chi connectivity index (χ1) is 6.20. The summed E-state index contributed by atoms with van der Waals surface area (Å²) in [6.07, 6.45) is 3.04. The van der Waals surface area contributed by atoms with Gasteiger partial charge in [0.2, 0.25) is 5.91 Å². The Labute approximate surface area is 85.0 Å². The fourth-order valence-corrected chi connectivity index (χ4v) is 1.15. The molecule has 0 spiro atoms. The summed E-state index contributed by atoms with van der Waals surface area (Å²) in [5.41, 5.74) is 0. The van der Waals surface area contributed by atoms with Crippen molar-refractivity contribution in [1.29, 1.82) is 0 Å². The molecule has 0 heterocycles. The summed E-state index contributed by atoms with van der Waals surface area (Å²) < 4.78 is 0. The summed E-state index contributed by atoms with van der Waals surface area (Å²) >= 11 is 1.78. The van der Waals surface area contributed by atoms with Crippen LogP contribution in [-0.2, 0) is 4.79 Å². The Hall–Kier alpha value is -0.220. The van der Waals surface area contributed by atoms with Crippen LogP contribution in [0, 0.1) is 0 Å². The molecule has 2 N–H and O–H groups in total. The third kappa shape index (κ3) is 8.12. The van der Waals surface area contributed by atoms with E-state index in [0.29, 0.717) is 6.54 Å². The first-order valence-electron chi connectivity index (χ1n) is 4.69. The number of thioether (sulfide) groups is 1. The number of amides is 1. The maximum Gasteiger partial charge on any atom is 0.234 e. The first kappa shape index (κ1) is 12.8. The van der Waals surface area contributed by atoms with E-state index in [1.54, 1.807) is 11.8 Å². The van der Waals surface area contributed by atoms with Crippen molar-refractivity contribution in [2.24, 2.45) is 0 Å². The minimum Gasteiger partial charge on any atom is -0.353 e. The lowest BCUT2D eigenvalue weighted by atomic mass is 10.2. The highest BCUT2D eigenvalue weighted by Crippen LogP contribution is 1.88. The van der Waals surface area contributed by atoms with E-state index < -0.39 is 0 Å². The number of carbonyl (C=O) groups is 1. The lowest BCUT2D eigenvalue weighted by Crippen LogP contribution is -2.39. The minimum absolute atomic E-state index is 0.0930. The van der Waals surface area contributed by atoms with E-state index in [4.69, 9.17) is 0 Å². The smallest absolute Gasteiger partial charge is 0.234 e. The van der Waals surface area contributed by atoms with Crippen molar-refractivity contribution in [3.05, 3.63) is 0 Å². The van der Waals surface area contributed by atoms with Crippen LogP contribution in [0.15, 0.2) is 0 Å². The Balaban J connectivity index is 3.30. The molecule has 0 fully saturated rings. The van der Waals surface area contributed by atoms with E-state index in [1.807, 2.05) is 6.92 Å². The number of hydrogen-bond acceptors (Lipinski definition) is 3. The van der Waals surface area contributed by atoms with Crippen molar-refractivity contribution in [1.82, 2.24) is 10.6 Å². The molecule has 3 nitrogen and oxygen atoms in total. The number of carbonyl (C=O) groups excluding carboxylic acids is 1. The van der Waals surface area contributed by atoms with Crippen LogP contribution in [0.25, 0.3) is 0 Å². The Morgan fingerprint density at radius 3 is 2.77 bits per heavy atom. The normalized spacial score (nSPS) is 12.5. The molecule has 0 saturated carbocycles. The summed E-state index contributed by atoms with van der Waals surface area (Å²) in [5.74, 6) is 1.15. The first-order valence-corrected chi connectivity index (χ1v) is 6.09. The van der Waals surface area contributed by atoms with Crippen molar-refractivity contribution in [3.63, 3.8) is 0 Å². The zero-order valence-electron chi connectivity index (χ0n) is 8.72. The van der Waals surface area contributed by atoms with Gasteiger partial charge in [-0.15, -0.1) is 0 Å². The maximum absolute atomic E-state index is 11.2. The molecular formula is C9H20N2OS. The molecule has 0 aliphatic rings. The highest BCUT2D eigenvalue weighted by Gasteiger charge is 2.03. The summed E-state index contributed by atoms with van der Waals surface area (Å²) in [6.45, 7) is 5.41. The molecule has 4 heteroatoms. The summed E-state index contributed by atoms with van der Waals surface area (Å²) in [5, 5.41) is 5.98. The van der Waals surface area contributed by atoms with Gasteiger partial charge >= 0.3 is 0 Å². The van der Waals surface area contributed by atoms with Crippen LogP contribution < -0.4 is 10.6 Å². The molecular weight excluding hydrogens is 184 g/mol. The second-order valence-corrected chi connectivity index (χ2v) is 4.03. The molecule has 78 valence electrons. The molecule has 0 radical (unpaired) electrons. The van der Waals surface area contributed by atoms with Crippen LogP contribution in [0.5, 0.6) is 0 Å². The molecule has 0 aliphatic heterocycles. The number of hydrogen-bond donors (Lipinski definition) is 2. The highest BCUT2D eigenvalue weighted by atomic mass is 32.2. The van der Waals surface area contributed by atoms with Crippen LogP contribution in [0.2, 0.25) is 0 Å². The van der Waals surface area contributed by atoms with Crippen molar-refractivity contribution in [2.75, 3.05) is 25.1 Å². The van der Waals surface area contributed by atoms with Gasteiger partial charge in [-0.2, -0.15) is 11.8 Å². The average molecular weight is 204 g/mol. The second-order valence-electron chi connectivity index (χ2n) is 3.05. The summed E-state index contributed by atoms with van der Waals surface area (Å²) in [7, 11) is 0. The lowest BCUT2D eigenvalue weighted by Gasteiger charge is -2.11. The van der Waals surface area contributed by atoms with Gasteiger partial charge in [0.15, 0.2) is 0 Å². The van der Waals surface area contributed by atoms with Gasteiger partial charge in [0.25, 0.3) is 0 Å². The molecule has 0 aromatic heterocycles. The number of nitrogens with one attached hydrogen (secondary N) is 2.